The van der Waals surface area contributed by atoms with Gasteiger partial charge in [-0.1, -0.05) is 18.2 Å². The zero-order chi connectivity index (χ0) is 48.4. The second-order valence-corrected chi connectivity index (χ2v) is 15.4. The fourth-order valence-corrected chi connectivity index (χ4v) is 7.72. The third-order valence-electron chi connectivity index (χ3n) is 10.9. The molecule has 7 aromatic rings. The third-order valence-corrected chi connectivity index (χ3v) is 10.9. The predicted molar refractivity (Wildman–Crippen MR) is 272 cm³/mol. The molecule has 0 spiro atoms. The van der Waals surface area contributed by atoms with E-state index in [1.807, 2.05) is 91.0 Å². The molecule has 16 nitrogen and oxygen atoms in total. The molecule has 4 heterocycles. The number of nitrogens with zero attached hydrogens (tertiary/aromatic N) is 5. The zero-order valence-corrected chi connectivity index (χ0v) is 42.8. The van der Waals surface area contributed by atoms with Crippen molar-refractivity contribution in [2.24, 2.45) is 11.5 Å². The van der Waals surface area contributed by atoms with Crippen LogP contribution in [0.1, 0.15) is 78.4 Å². The van der Waals surface area contributed by atoms with E-state index in [4.69, 9.17) is 25.4 Å². The summed E-state index contributed by atoms with van der Waals surface area (Å²) in [6.45, 7) is 0. The first-order valence-electron chi connectivity index (χ1n) is 21.8. The van der Waals surface area contributed by atoms with Crippen LogP contribution in [0.2, 0.25) is 0 Å². The van der Waals surface area contributed by atoms with E-state index >= 15 is 0 Å². The van der Waals surface area contributed by atoms with E-state index in [9.17, 15) is 14.4 Å². The maximum atomic E-state index is 12.5. The molecule has 0 unspecified atom stereocenters. The number of fused-ring (bicyclic) bond motifs is 5. The van der Waals surface area contributed by atoms with Crippen molar-refractivity contribution in [3.8, 4) is 39.9 Å². The summed E-state index contributed by atoms with van der Waals surface area (Å²) < 4.78 is 15.6. The molecule has 0 fully saturated rings. The summed E-state index contributed by atoms with van der Waals surface area (Å²) in [5.74, 6) is 2.80. The number of hydrogen-bond donors (Lipinski definition) is 4. The van der Waals surface area contributed by atoms with Gasteiger partial charge in [0.25, 0.3) is 0 Å². The van der Waals surface area contributed by atoms with Crippen LogP contribution in [-0.2, 0) is 25.7 Å². The Morgan fingerprint density at radius 1 is 0.606 bits per heavy atom. The number of nitrogen functional groups attached to an aromatic ring is 1. The number of aryl methyl sites for hydroxylation is 3. The van der Waals surface area contributed by atoms with Gasteiger partial charge in [-0.25, -0.2) is 9.97 Å². The number of pyridine rings is 3. The van der Waals surface area contributed by atoms with Crippen LogP contribution in [0.15, 0.2) is 133 Å². The molecule has 0 atom stereocenters. The van der Waals surface area contributed by atoms with Crippen LogP contribution in [0.3, 0.4) is 0 Å². The number of aromatic nitrogens is 5. The normalized spacial score (nSPS) is 12.6. The largest absolute Gasteiger partial charge is 1.00 e. The van der Waals surface area contributed by atoms with Crippen molar-refractivity contribution in [1.29, 1.82) is 5.41 Å². The molecule has 3 aliphatic carbocycles. The average Bonchev–Trinajstić information content (AvgIpc) is 3.37. The SMILES string of the molecule is COc1ccc2c(c1)CC/C(=C\c1ccccn1)C2=O.COc1ccc2c(c1)CCCC2=O.COc1ccc2c(c1)CCc1c(-c3ccccn3)nc(N)nc1-2.Cl.N=C(N)N.O=Cc1ccccn1.[Na+].[OH-]. The minimum absolute atomic E-state index is 0. The fourth-order valence-electron chi connectivity index (χ4n) is 7.72. The van der Waals surface area contributed by atoms with Crippen LogP contribution in [0.5, 0.6) is 17.2 Å². The Hall–Kier alpha value is -7.34. The first-order valence-corrected chi connectivity index (χ1v) is 21.8. The number of ether oxygens (including phenoxy) is 3. The Labute approximate surface area is 441 Å². The number of methoxy groups -OCH3 is 3. The second kappa shape index (κ2) is 29.0. The van der Waals surface area contributed by atoms with Gasteiger partial charge in [-0.15, -0.1) is 12.4 Å². The number of carbonyl (C=O) groups excluding carboxylic acids is 3. The van der Waals surface area contributed by atoms with Crippen molar-refractivity contribution in [3.63, 3.8) is 0 Å². The summed E-state index contributed by atoms with van der Waals surface area (Å²) in [6, 6.07) is 34.1. The maximum absolute atomic E-state index is 12.5. The Morgan fingerprint density at radius 3 is 1.62 bits per heavy atom. The minimum atomic E-state index is -0.333. The molecule has 0 bridgehead atoms. The number of rotatable bonds is 6. The summed E-state index contributed by atoms with van der Waals surface area (Å²) in [4.78, 5) is 55.2. The van der Waals surface area contributed by atoms with Crippen LogP contribution < -0.4 is 61.0 Å². The van der Waals surface area contributed by atoms with Crippen LogP contribution in [0.4, 0.5) is 5.95 Å². The molecule has 3 aliphatic rings. The smallest absolute Gasteiger partial charge is 0.870 e. The summed E-state index contributed by atoms with van der Waals surface area (Å²) in [7, 11) is 4.96. The number of nitrogens with two attached hydrogens (primary N) is 3. The van der Waals surface area contributed by atoms with Crippen molar-refractivity contribution in [1.82, 2.24) is 24.9 Å². The fraction of sp³-hybridized carbons (Fsp3) is 0.189. The molecular formula is C53H55ClN9NaO7. The van der Waals surface area contributed by atoms with Crippen molar-refractivity contribution >= 4 is 48.2 Å². The maximum Gasteiger partial charge on any atom is 1.00 e. The number of carbonyl (C=O) groups is 3. The molecule has 71 heavy (non-hydrogen) atoms. The first-order chi connectivity index (χ1) is 33.0. The van der Waals surface area contributed by atoms with Crippen molar-refractivity contribution < 1.29 is 63.6 Å². The number of guanidine groups is 1. The van der Waals surface area contributed by atoms with Crippen molar-refractivity contribution in [3.05, 3.63) is 178 Å². The van der Waals surface area contributed by atoms with Gasteiger partial charge in [-0.2, -0.15) is 0 Å². The van der Waals surface area contributed by atoms with Gasteiger partial charge in [-0.3, -0.25) is 34.7 Å². The topological polar surface area (TPSA) is 275 Å². The second-order valence-electron chi connectivity index (χ2n) is 15.4. The molecule has 0 saturated carbocycles. The average molecular weight is 989 g/mol. The van der Waals surface area contributed by atoms with Crippen LogP contribution in [0.25, 0.3) is 28.7 Å². The number of allylic oxidation sites excluding steroid dienone is 1. The molecule has 4 aromatic heterocycles. The Morgan fingerprint density at radius 2 is 1.10 bits per heavy atom. The molecule has 0 amide bonds. The number of hydrogen-bond acceptors (Lipinski definition) is 14. The number of aldehydes is 1. The van der Waals surface area contributed by atoms with Crippen LogP contribution in [0, 0.1) is 5.41 Å². The van der Waals surface area contributed by atoms with Gasteiger partial charge in [-0.05, 0) is 152 Å². The van der Waals surface area contributed by atoms with E-state index in [1.54, 1.807) is 58.1 Å². The predicted octanol–water partition coefficient (Wildman–Crippen LogP) is 5.39. The first kappa shape index (κ1) is 58.0. The monoisotopic (exact) mass is 987 g/mol. The molecular weight excluding hydrogens is 933 g/mol. The molecule has 8 N–H and O–H groups in total. The minimum Gasteiger partial charge on any atom is -0.870 e. The number of nitrogens with one attached hydrogen (secondary N) is 1. The number of halogens is 1. The quantitative estimate of drug-likeness (QED) is 0.0534. The van der Waals surface area contributed by atoms with Gasteiger partial charge >= 0.3 is 29.6 Å². The number of anilines is 1. The van der Waals surface area contributed by atoms with E-state index in [0.29, 0.717) is 12.1 Å². The third kappa shape index (κ3) is 16.1. The standard InChI is InChI=1S/C18H16N4O.C17H15NO2.C11H12O2.C6H5NO.CH5N3.ClH.Na.H2O/c1-23-12-6-8-13-11(10-12)5-7-14-16(13)21-18(19)22-17(14)15-4-2-3-9-20-15;1-20-15-7-8-16-12(11-15)5-6-13(17(16)19)10-14-4-2-3-9-18-14;1-13-9-5-6-10-8(7-9)3-2-4-11(10)12;8-5-6-3-1-2-4-7-6;2-1(3)4;;;/h2-4,6,8-10H,5,7H2,1H3,(H2,19,21,22);2-4,7-11H,5-6H2,1H3;5-7H,2-4H2,1H3;1-5H;(H5,2,3,4);1H;;1H2/q;;;;;;+1;/p-1/b;13-10+;;;;;;. The Balaban J connectivity index is 0.000000253. The molecule has 10 rings (SSSR count). The van der Waals surface area contributed by atoms with E-state index in [1.165, 1.54) is 5.56 Å². The summed E-state index contributed by atoms with van der Waals surface area (Å²) in [5.41, 5.74) is 26.9. The van der Waals surface area contributed by atoms with Gasteiger partial charge in [0.1, 0.15) is 22.9 Å². The molecule has 18 heteroatoms. The Bertz CT molecular complexity index is 2910. The zero-order valence-electron chi connectivity index (χ0n) is 40.0. The summed E-state index contributed by atoms with van der Waals surface area (Å²) in [5, 5.41) is 6.06. The molecule has 0 saturated heterocycles. The van der Waals surface area contributed by atoms with E-state index in [0.717, 1.165) is 124 Å². The molecule has 3 aromatic carbocycles. The van der Waals surface area contributed by atoms with Crippen LogP contribution >= 0.6 is 12.4 Å². The summed E-state index contributed by atoms with van der Waals surface area (Å²) in [6.07, 6.45) is 13.7. The summed E-state index contributed by atoms with van der Waals surface area (Å²) >= 11 is 0. The molecule has 0 radical (unpaired) electrons. The van der Waals surface area contributed by atoms with Crippen molar-refractivity contribution in [2.45, 2.75) is 44.9 Å². The van der Waals surface area contributed by atoms with E-state index in [2.05, 4.69) is 42.5 Å². The Kier molecular flexibility index (Phi) is 23.7. The van der Waals surface area contributed by atoms with Gasteiger partial charge in [0, 0.05) is 52.8 Å². The molecule has 362 valence electrons. The van der Waals surface area contributed by atoms with Gasteiger partial charge in [0.2, 0.25) is 5.95 Å². The number of ketones is 2. The van der Waals surface area contributed by atoms with Crippen molar-refractivity contribution in [2.75, 3.05) is 27.1 Å². The molecule has 0 aliphatic heterocycles. The van der Waals surface area contributed by atoms with E-state index in [-0.39, 0.29) is 70.9 Å². The van der Waals surface area contributed by atoms with Gasteiger partial charge in [0.15, 0.2) is 23.8 Å². The van der Waals surface area contributed by atoms with Gasteiger partial charge < -0.3 is 36.9 Å². The van der Waals surface area contributed by atoms with Crippen LogP contribution in [-0.4, -0.2) is 75.5 Å². The van der Waals surface area contributed by atoms with E-state index < -0.39 is 0 Å². The van der Waals surface area contributed by atoms with Gasteiger partial charge in [0.05, 0.1) is 44.1 Å². The number of Topliss-reactive ketones (excluding diaryl/α,β-unsaturated/α-hetero) is 2. The number of benzene rings is 3.